The predicted octanol–water partition coefficient (Wildman–Crippen LogP) is 4.28. The summed E-state index contributed by atoms with van der Waals surface area (Å²) < 4.78 is 102. The van der Waals surface area contributed by atoms with E-state index in [9.17, 15) is 40.0 Å². The molecule has 3 aromatic rings. The van der Waals surface area contributed by atoms with Crippen molar-refractivity contribution in [1.29, 1.82) is 0 Å². The van der Waals surface area contributed by atoms with Crippen molar-refractivity contribution in [3.05, 3.63) is 71.6 Å². The standard InChI is InChI=1S/C24H19F5N2O6S/c1-36-21-10-19(26)18(25)9-17(21)16-4-5-30-11-20(16)31(12-22(32)37-2)23(33)13-6-14(24(27,28)29)8-15(7-13)38(3,34)35/h4-11H,12H2,1-3H3. The molecule has 0 aliphatic heterocycles. The molecule has 0 atom stereocenters. The number of halogens is 5. The van der Waals surface area contributed by atoms with Gasteiger partial charge >= 0.3 is 12.1 Å². The second-order valence-corrected chi connectivity index (χ2v) is 9.86. The Hall–Kier alpha value is -4.07. The van der Waals surface area contributed by atoms with E-state index < -0.39 is 62.1 Å². The predicted molar refractivity (Wildman–Crippen MR) is 124 cm³/mol. The van der Waals surface area contributed by atoms with Gasteiger partial charge in [0, 0.05) is 35.2 Å². The number of sulfone groups is 1. The van der Waals surface area contributed by atoms with Crippen molar-refractivity contribution in [3.8, 4) is 16.9 Å². The maximum absolute atomic E-state index is 14.2. The number of alkyl halides is 3. The lowest BCUT2D eigenvalue weighted by Crippen LogP contribution is -2.37. The summed E-state index contributed by atoms with van der Waals surface area (Å²) in [7, 11) is -2.03. The van der Waals surface area contributed by atoms with Gasteiger partial charge in [0.15, 0.2) is 21.5 Å². The summed E-state index contributed by atoms with van der Waals surface area (Å²) in [6.45, 7) is -0.857. The van der Waals surface area contributed by atoms with Crippen LogP contribution in [0, 0.1) is 11.6 Å². The van der Waals surface area contributed by atoms with Gasteiger partial charge in [-0.15, -0.1) is 0 Å². The monoisotopic (exact) mass is 558 g/mol. The van der Waals surface area contributed by atoms with Crippen LogP contribution in [-0.2, 0) is 25.5 Å². The number of esters is 1. The van der Waals surface area contributed by atoms with Gasteiger partial charge in [-0.1, -0.05) is 0 Å². The van der Waals surface area contributed by atoms with Crippen molar-refractivity contribution in [2.75, 3.05) is 31.9 Å². The summed E-state index contributed by atoms with van der Waals surface area (Å²) in [5.74, 6) is -4.91. The minimum Gasteiger partial charge on any atom is -0.496 e. The molecule has 0 aliphatic carbocycles. The lowest BCUT2D eigenvalue weighted by molar-refractivity contribution is -0.139. The molecule has 0 N–H and O–H groups in total. The van der Waals surface area contributed by atoms with Crippen molar-refractivity contribution in [1.82, 2.24) is 4.98 Å². The van der Waals surface area contributed by atoms with Crippen molar-refractivity contribution in [2.24, 2.45) is 0 Å². The maximum atomic E-state index is 14.2. The molecule has 3 rings (SSSR count). The molecular formula is C24H19F5N2O6S. The number of ether oxygens (including phenoxy) is 2. The van der Waals surface area contributed by atoms with E-state index in [0.29, 0.717) is 23.3 Å². The average Bonchev–Trinajstić information content (AvgIpc) is 2.86. The Morgan fingerprint density at radius 2 is 1.66 bits per heavy atom. The summed E-state index contributed by atoms with van der Waals surface area (Å²) in [5, 5.41) is 0. The first-order valence-corrected chi connectivity index (χ1v) is 12.3. The molecule has 0 saturated carbocycles. The number of amides is 1. The number of carbonyl (C=O) groups is 2. The third-order valence-corrected chi connectivity index (χ3v) is 6.38. The van der Waals surface area contributed by atoms with Crippen molar-refractivity contribution in [2.45, 2.75) is 11.1 Å². The molecule has 1 aromatic heterocycles. The molecule has 38 heavy (non-hydrogen) atoms. The highest BCUT2D eigenvalue weighted by Gasteiger charge is 2.34. The number of anilines is 1. The van der Waals surface area contributed by atoms with Gasteiger partial charge in [0.05, 0.1) is 36.6 Å². The molecule has 202 valence electrons. The fourth-order valence-corrected chi connectivity index (χ4v) is 4.14. The Balaban J connectivity index is 2.29. The van der Waals surface area contributed by atoms with Crippen LogP contribution in [0.5, 0.6) is 5.75 Å². The fourth-order valence-electron chi connectivity index (χ4n) is 3.45. The van der Waals surface area contributed by atoms with E-state index in [2.05, 4.69) is 9.72 Å². The van der Waals surface area contributed by atoms with Crippen LogP contribution >= 0.6 is 0 Å². The van der Waals surface area contributed by atoms with Crippen LogP contribution in [0.2, 0.25) is 0 Å². The number of aromatic nitrogens is 1. The van der Waals surface area contributed by atoms with E-state index >= 15 is 0 Å². The number of hydrogen-bond donors (Lipinski definition) is 0. The molecule has 2 aromatic carbocycles. The molecule has 0 fully saturated rings. The molecule has 0 aliphatic rings. The van der Waals surface area contributed by atoms with Gasteiger partial charge in [-0.05, 0) is 30.3 Å². The number of nitrogens with zero attached hydrogens (tertiary/aromatic N) is 2. The van der Waals surface area contributed by atoms with Crippen LogP contribution in [-0.4, -0.2) is 52.3 Å². The Kier molecular flexibility index (Phi) is 8.05. The van der Waals surface area contributed by atoms with Gasteiger partial charge in [0.2, 0.25) is 0 Å². The molecule has 8 nitrogen and oxygen atoms in total. The number of benzene rings is 2. The number of carbonyl (C=O) groups excluding carboxylic acids is 2. The fraction of sp³-hybridized carbons (Fsp3) is 0.208. The lowest BCUT2D eigenvalue weighted by Gasteiger charge is -2.25. The average molecular weight is 558 g/mol. The molecule has 0 unspecified atom stereocenters. The molecule has 14 heteroatoms. The smallest absolute Gasteiger partial charge is 0.416 e. The van der Waals surface area contributed by atoms with Crippen LogP contribution in [0.25, 0.3) is 11.1 Å². The number of hydrogen-bond acceptors (Lipinski definition) is 7. The van der Waals surface area contributed by atoms with E-state index in [1.54, 1.807) is 0 Å². The summed E-state index contributed by atoms with van der Waals surface area (Å²) in [5.41, 5.74) is -2.45. The molecule has 0 spiro atoms. The van der Waals surface area contributed by atoms with E-state index in [0.717, 1.165) is 31.5 Å². The number of pyridine rings is 1. The van der Waals surface area contributed by atoms with Crippen molar-refractivity contribution >= 4 is 27.4 Å². The van der Waals surface area contributed by atoms with Gasteiger partial charge in [0.1, 0.15) is 12.3 Å². The first-order chi connectivity index (χ1) is 17.7. The number of methoxy groups -OCH3 is 2. The Morgan fingerprint density at radius 1 is 1.00 bits per heavy atom. The zero-order chi connectivity index (χ0) is 28.4. The quantitative estimate of drug-likeness (QED) is 0.315. The highest BCUT2D eigenvalue weighted by Crippen LogP contribution is 2.39. The first kappa shape index (κ1) is 28.5. The normalized spacial score (nSPS) is 11.7. The van der Waals surface area contributed by atoms with E-state index in [1.807, 2.05) is 0 Å². The zero-order valence-corrected chi connectivity index (χ0v) is 20.8. The second-order valence-electron chi connectivity index (χ2n) is 7.84. The van der Waals surface area contributed by atoms with Gasteiger partial charge in [0.25, 0.3) is 5.91 Å². The van der Waals surface area contributed by atoms with Gasteiger partial charge in [-0.3, -0.25) is 19.5 Å². The highest BCUT2D eigenvalue weighted by molar-refractivity contribution is 7.90. The Morgan fingerprint density at radius 3 is 2.24 bits per heavy atom. The van der Waals surface area contributed by atoms with Gasteiger partial charge in [-0.2, -0.15) is 13.2 Å². The van der Waals surface area contributed by atoms with Gasteiger partial charge < -0.3 is 9.47 Å². The van der Waals surface area contributed by atoms with Crippen LogP contribution in [0.15, 0.2) is 53.7 Å². The SMILES string of the molecule is COC(=O)CN(C(=O)c1cc(C(F)(F)F)cc(S(C)(=O)=O)c1)c1cnccc1-c1cc(F)c(F)cc1OC. The molecule has 0 saturated heterocycles. The topological polar surface area (TPSA) is 103 Å². The third kappa shape index (κ3) is 6.07. The Labute approximate surface area is 213 Å². The molecular weight excluding hydrogens is 539 g/mol. The minimum atomic E-state index is -5.01. The third-order valence-electron chi connectivity index (χ3n) is 5.29. The molecule has 0 bridgehead atoms. The van der Waals surface area contributed by atoms with E-state index in [1.165, 1.54) is 19.4 Å². The summed E-state index contributed by atoms with van der Waals surface area (Å²) >= 11 is 0. The minimum absolute atomic E-state index is 0.0108. The molecule has 1 amide bonds. The first-order valence-electron chi connectivity index (χ1n) is 10.5. The molecule has 0 radical (unpaired) electrons. The summed E-state index contributed by atoms with van der Waals surface area (Å²) in [6.07, 6.45) is -2.06. The maximum Gasteiger partial charge on any atom is 0.416 e. The zero-order valence-electron chi connectivity index (χ0n) is 20.0. The summed E-state index contributed by atoms with van der Waals surface area (Å²) in [6, 6.07) is 4.31. The highest BCUT2D eigenvalue weighted by atomic mass is 32.2. The largest absolute Gasteiger partial charge is 0.496 e. The van der Waals surface area contributed by atoms with Gasteiger partial charge in [-0.25, -0.2) is 17.2 Å². The van der Waals surface area contributed by atoms with Crippen molar-refractivity contribution < 1.29 is 49.4 Å². The van der Waals surface area contributed by atoms with E-state index in [-0.39, 0.29) is 22.6 Å². The number of rotatable bonds is 7. The van der Waals surface area contributed by atoms with Crippen LogP contribution in [0.3, 0.4) is 0 Å². The van der Waals surface area contributed by atoms with Crippen molar-refractivity contribution in [3.63, 3.8) is 0 Å². The van der Waals surface area contributed by atoms with Crippen LogP contribution < -0.4 is 9.64 Å². The molecule has 1 heterocycles. The lowest BCUT2D eigenvalue weighted by atomic mass is 10.0. The van der Waals surface area contributed by atoms with Crippen LogP contribution in [0.1, 0.15) is 15.9 Å². The second kappa shape index (κ2) is 10.7. The van der Waals surface area contributed by atoms with Crippen LogP contribution in [0.4, 0.5) is 27.6 Å². The van der Waals surface area contributed by atoms with E-state index in [4.69, 9.17) is 4.74 Å². The summed E-state index contributed by atoms with van der Waals surface area (Å²) in [4.78, 5) is 29.6. The Bertz CT molecular complexity index is 1510.